The van der Waals surface area contributed by atoms with Gasteiger partial charge in [-0.1, -0.05) is 62.9 Å². The maximum atomic E-state index is 13.4. The van der Waals surface area contributed by atoms with Gasteiger partial charge in [-0.05, 0) is 36.8 Å². The van der Waals surface area contributed by atoms with Crippen LogP contribution in [0, 0.1) is 0 Å². The van der Waals surface area contributed by atoms with Crippen molar-refractivity contribution in [1.82, 2.24) is 24.6 Å². The van der Waals surface area contributed by atoms with E-state index in [9.17, 15) is 9.18 Å². The molecule has 0 radical (unpaired) electrons. The van der Waals surface area contributed by atoms with E-state index < -0.39 is 0 Å². The Hall–Kier alpha value is -4.24. The second-order valence-electron chi connectivity index (χ2n) is 10.7. The molecule has 10 heteroatoms. The Bertz CT molecular complexity index is 1590. The molecule has 0 unspecified atom stereocenters. The number of carbonyl (C=O) groups is 1. The van der Waals surface area contributed by atoms with Gasteiger partial charge in [0.05, 0.1) is 33.4 Å². The molecule has 0 aliphatic carbocycles. The van der Waals surface area contributed by atoms with Gasteiger partial charge < -0.3 is 15.5 Å². The molecule has 224 valence electrons. The molecule has 43 heavy (non-hydrogen) atoms. The van der Waals surface area contributed by atoms with Gasteiger partial charge in [-0.15, -0.1) is 0 Å². The fourth-order valence-corrected chi connectivity index (χ4v) is 6.01. The minimum Gasteiger partial charge on any atom is -0.397 e. The number of aromatic nitrogens is 4. The molecule has 4 heterocycles. The minimum absolute atomic E-state index is 0.0338. The van der Waals surface area contributed by atoms with Crippen LogP contribution in [0.3, 0.4) is 0 Å². The van der Waals surface area contributed by atoms with Gasteiger partial charge in [-0.3, -0.25) is 4.79 Å². The maximum absolute atomic E-state index is 13.4. The van der Waals surface area contributed by atoms with Crippen LogP contribution >= 0.6 is 11.6 Å². The van der Waals surface area contributed by atoms with Crippen LogP contribution in [0.15, 0.2) is 72.5 Å². The number of hydrogen-bond donors (Lipinski definition) is 1. The van der Waals surface area contributed by atoms with Gasteiger partial charge in [0.25, 0.3) is 5.91 Å². The van der Waals surface area contributed by atoms with Crippen LogP contribution in [0.4, 0.5) is 10.3 Å². The predicted octanol–water partition coefficient (Wildman–Crippen LogP) is 6.05. The number of aryl methyl sites for hydroxylation is 2. The Kier molecular flexibility index (Phi) is 9.11. The molecule has 2 aliphatic rings. The lowest BCUT2D eigenvalue weighted by atomic mass is 9.95. The zero-order valence-corrected chi connectivity index (χ0v) is 25.5. The minimum atomic E-state index is -0.224. The summed E-state index contributed by atoms with van der Waals surface area (Å²) in [6.45, 7) is 15.2. The molecule has 0 saturated carbocycles. The number of fused-ring (bicyclic) bond motifs is 1. The van der Waals surface area contributed by atoms with E-state index in [4.69, 9.17) is 22.4 Å². The van der Waals surface area contributed by atoms with Crippen molar-refractivity contribution >= 4 is 29.0 Å². The quantitative estimate of drug-likeness (QED) is 0.300. The molecule has 0 bridgehead atoms. The van der Waals surface area contributed by atoms with E-state index in [-0.39, 0.29) is 23.0 Å². The van der Waals surface area contributed by atoms with Gasteiger partial charge in [-0.25, -0.2) is 19.0 Å². The molecule has 2 aromatic heterocycles. The molecule has 2 aliphatic heterocycles. The van der Waals surface area contributed by atoms with Crippen molar-refractivity contribution in [3.63, 3.8) is 0 Å². The Labute approximate surface area is 257 Å². The summed E-state index contributed by atoms with van der Waals surface area (Å²) >= 11 is 6.11. The highest BCUT2D eigenvalue weighted by molar-refractivity contribution is 6.32. The number of anilines is 1. The van der Waals surface area contributed by atoms with Gasteiger partial charge in [0.2, 0.25) is 5.95 Å². The number of allylic oxidation sites excluding steroid dienone is 4. The molecule has 0 atom stereocenters. The summed E-state index contributed by atoms with van der Waals surface area (Å²) in [5.41, 5.74) is 13.7. The predicted molar refractivity (Wildman–Crippen MR) is 170 cm³/mol. The summed E-state index contributed by atoms with van der Waals surface area (Å²) in [6, 6.07) is 6.28. The second kappa shape index (κ2) is 13.0. The molecular weight excluding hydrogens is 565 g/mol. The maximum Gasteiger partial charge on any atom is 0.256 e. The number of likely N-dealkylation sites (tertiary alicyclic amines) is 1. The van der Waals surface area contributed by atoms with E-state index in [0.717, 1.165) is 72.5 Å². The van der Waals surface area contributed by atoms with Crippen LogP contribution in [0.5, 0.6) is 0 Å². The summed E-state index contributed by atoms with van der Waals surface area (Å²) in [5.74, 6) is 0.493. The van der Waals surface area contributed by atoms with Crippen molar-refractivity contribution in [3.8, 4) is 5.69 Å². The fourth-order valence-electron chi connectivity index (χ4n) is 5.91. The standard InChI is InChI=1S/C33H37ClFN7O/c1-5-22-11-10-12-23(6-2)31(22)42-30(21(4)25(7-3)29(36)27(34)17-35)26-20-41(16-13-28(26)39-42)33-37-18-24(19-38-33)32(43)40-14-8-9-15-40/h7,10-12,17-19H,3-6,8-9,13-16,20,36H2,1-2H3/b27-17+,29-25+. The van der Waals surface area contributed by atoms with Crippen molar-refractivity contribution in [2.24, 2.45) is 5.73 Å². The third kappa shape index (κ3) is 5.73. The molecule has 5 rings (SSSR count). The Morgan fingerprint density at radius 3 is 2.35 bits per heavy atom. The first-order valence-electron chi connectivity index (χ1n) is 14.7. The average molecular weight is 602 g/mol. The normalized spacial score (nSPS) is 15.8. The van der Waals surface area contributed by atoms with E-state index in [1.807, 2.05) is 9.58 Å². The molecule has 0 spiro atoms. The lowest BCUT2D eigenvalue weighted by molar-refractivity contribution is 0.0792. The number of benzene rings is 1. The van der Waals surface area contributed by atoms with Crippen molar-refractivity contribution in [1.29, 1.82) is 0 Å². The summed E-state index contributed by atoms with van der Waals surface area (Å²) in [4.78, 5) is 25.9. The lowest BCUT2D eigenvalue weighted by Gasteiger charge is -2.27. The monoisotopic (exact) mass is 601 g/mol. The molecule has 2 N–H and O–H groups in total. The van der Waals surface area contributed by atoms with Crippen LogP contribution in [0.1, 0.15) is 65.1 Å². The van der Waals surface area contributed by atoms with Gasteiger partial charge in [-0.2, -0.15) is 5.10 Å². The average Bonchev–Trinajstić information content (AvgIpc) is 3.72. The molecule has 8 nitrogen and oxygen atoms in total. The first-order valence-corrected chi connectivity index (χ1v) is 15.1. The second-order valence-corrected chi connectivity index (χ2v) is 11.1. The van der Waals surface area contributed by atoms with Gasteiger partial charge >= 0.3 is 0 Å². The highest BCUT2D eigenvalue weighted by Gasteiger charge is 2.30. The van der Waals surface area contributed by atoms with Crippen molar-refractivity contribution < 1.29 is 9.18 Å². The number of nitrogens with two attached hydrogens (primary N) is 1. The first kappa shape index (κ1) is 30.2. The van der Waals surface area contributed by atoms with E-state index in [2.05, 4.69) is 60.1 Å². The number of rotatable bonds is 9. The van der Waals surface area contributed by atoms with Crippen LogP contribution < -0.4 is 10.6 Å². The summed E-state index contributed by atoms with van der Waals surface area (Å²) in [6.07, 6.45) is 9.33. The van der Waals surface area contributed by atoms with Crippen molar-refractivity contribution in [2.75, 3.05) is 24.5 Å². The summed E-state index contributed by atoms with van der Waals surface area (Å²) in [5, 5.41) is 4.90. The number of amides is 1. The Balaban J connectivity index is 1.60. The molecule has 1 fully saturated rings. The fraction of sp³-hybridized carbons (Fsp3) is 0.333. The molecule has 3 aromatic rings. The Morgan fingerprint density at radius 1 is 1.12 bits per heavy atom. The number of hydrogen-bond acceptors (Lipinski definition) is 6. The van der Waals surface area contributed by atoms with Gasteiger partial charge in [0.1, 0.15) is 6.33 Å². The Morgan fingerprint density at radius 2 is 1.77 bits per heavy atom. The highest BCUT2D eigenvalue weighted by Crippen LogP contribution is 2.37. The van der Waals surface area contributed by atoms with E-state index in [1.165, 1.54) is 0 Å². The number of para-hydroxylation sites is 1. The topological polar surface area (TPSA) is 93.2 Å². The van der Waals surface area contributed by atoms with Crippen LogP contribution in [0.25, 0.3) is 11.3 Å². The van der Waals surface area contributed by atoms with Crippen molar-refractivity contribution in [2.45, 2.75) is 52.5 Å². The number of carbonyl (C=O) groups excluding carboxylic acids is 1. The molecule has 1 amide bonds. The third-order valence-corrected chi connectivity index (χ3v) is 8.52. The zero-order valence-electron chi connectivity index (χ0n) is 24.7. The highest BCUT2D eigenvalue weighted by atomic mass is 35.5. The van der Waals surface area contributed by atoms with E-state index in [1.54, 1.807) is 18.5 Å². The number of halogens is 2. The summed E-state index contributed by atoms with van der Waals surface area (Å²) < 4.78 is 15.4. The molecule has 1 saturated heterocycles. The van der Waals surface area contributed by atoms with E-state index in [0.29, 0.717) is 42.2 Å². The summed E-state index contributed by atoms with van der Waals surface area (Å²) in [7, 11) is 0. The SMILES string of the molecule is C=C/C(C(=C)c1c2c(nn1-c1c(CC)cccc1CC)CCN(c1ncc(C(=O)N3CCCC3)cn1)C2)=C(N)/C(Cl)=C\F. The lowest BCUT2D eigenvalue weighted by Crippen LogP contribution is -2.32. The van der Waals surface area contributed by atoms with Gasteiger partial charge in [0, 0.05) is 61.7 Å². The van der Waals surface area contributed by atoms with Crippen LogP contribution in [-0.2, 0) is 25.8 Å². The number of nitrogens with zero attached hydrogens (tertiary/aromatic N) is 6. The first-order chi connectivity index (χ1) is 20.8. The third-order valence-electron chi connectivity index (χ3n) is 8.23. The largest absolute Gasteiger partial charge is 0.397 e. The van der Waals surface area contributed by atoms with Crippen molar-refractivity contribution in [3.05, 3.63) is 106 Å². The smallest absolute Gasteiger partial charge is 0.256 e. The van der Waals surface area contributed by atoms with Crippen LogP contribution in [-0.4, -0.2) is 50.2 Å². The zero-order chi connectivity index (χ0) is 30.7. The molecular formula is C33H37ClFN7O. The molecule has 1 aromatic carbocycles. The van der Waals surface area contributed by atoms with Crippen LogP contribution in [0.2, 0.25) is 0 Å². The van der Waals surface area contributed by atoms with E-state index >= 15 is 0 Å². The van der Waals surface area contributed by atoms with Gasteiger partial charge in [0.15, 0.2) is 0 Å².